The molecular formula is C10H14N2O5. The van der Waals surface area contributed by atoms with Crippen molar-refractivity contribution in [3.8, 4) is 0 Å². The number of nitrogens with zero attached hydrogens (tertiary/aromatic N) is 1. The molecule has 0 aromatic carbocycles. The summed E-state index contributed by atoms with van der Waals surface area (Å²) in [4.78, 5) is 24.9. The summed E-state index contributed by atoms with van der Waals surface area (Å²) in [6.45, 7) is 3.13. The molecule has 0 spiro atoms. The predicted octanol–water partition coefficient (Wildman–Crippen LogP) is -1.52. The van der Waals surface area contributed by atoms with E-state index in [2.05, 4.69) is 4.98 Å². The Balaban J connectivity index is 2.46. The third-order valence-corrected chi connectivity index (χ3v) is 2.90. The molecule has 0 bridgehead atoms. The standard InChI is InChI=1S/C10H14N2O5/c1-4-3-12(10(16)11-8(4)15)9-7(14)6(13)5(2)17-9/h3,5-7,9,13-14H,1-2H3,(H,11,15,16). The minimum atomic E-state index is -1.20. The molecule has 7 nitrogen and oxygen atoms in total. The van der Waals surface area contributed by atoms with Gasteiger partial charge in [0.05, 0.1) is 6.10 Å². The van der Waals surface area contributed by atoms with E-state index in [1.165, 1.54) is 13.1 Å². The van der Waals surface area contributed by atoms with Gasteiger partial charge in [0.2, 0.25) is 0 Å². The van der Waals surface area contributed by atoms with Gasteiger partial charge in [0, 0.05) is 11.8 Å². The number of aromatic nitrogens is 2. The quantitative estimate of drug-likeness (QED) is 0.555. The second-order valence-electron chi connectivity index (χ2n) is 4.19. The molecule has 0 saturated carbocycles. The van der Waals surface area contributed by atoms with Gasteiger partial charge >= 0.3 is 5.69 Å². The van der Waals surface area contributed by atoms with Crippen LogP contribution in [0.15, 0.2) is 15.8 Å². The number of aromatic amines is 1. The Morgan fingerprint density at radius 3 is 2.53 bits per heavy atom. The van der Waals surface area contributed by atoms with Crippen LogP contribution >= 0.6 is 0 Å². The van der Waals surface area contributed by atoms with E-state index in [1.54, 1.807) is 6.92 Å². The van der Waals surface area contributed by atoms with Crippen LogP contribution in [0, 0.1) is 6.92 Å². The number of rotatable bonds is 1. The fourth-order valence-electron chi connectivity index (χ4n) is 1.83. The lowest BCUT2D eigenvalue weighted by Gasteiger charge is -2.17. The molecule has 0 amide bonds. The highest BCUT2D eigenvalue weighted by molar-refractivity contribution is 5.02. The maximum absolute atomic E-state index is 11.6. The summed E-state index contributed by atoms with van der Waals surface area (Å²) < 4.78 is 6.37. The maximum atomic E-state index is 11.6. The first-order valence-corrected chi connectivity index (χ1v) is 5.25. The van der Waals surface area contributed by atoms with E-state index in [0.29, 0.717) is 5.56 Å². The summed E-state index contributed by atoms with van der Waals surface area (Å²) in [6.07, 6.45) is -2.51. The summed E-state index contributed by atoms with van der Waals surface area (Å²) in [5.74, 6) is 0. The van der Waals surface area contributed by atoms with E-state index in [1.807, 2.05) is 0 Å². The number of nitrogens with one attached hydrogen (secondary N) is 1. The largest absolute Gasteiger partial charge is 0.388 e. The lowest BCUT2D eigenvalue weighted by molar-refractivity contribution is -0.0352. The van der Waals surface area contributed by atoms with Crippen molar-refractivity contribution >= 4 is 0 Å². The van der Waals surface area contributed by atoms with Crippen LogP contribution in [0.1, 0.15) is 18.7 Å². The van der Waals surface area contributed by atoms with Crippen LogP contribution in [0.2, 0.25) is 0 Å². The highest BCUT2D eigenvalue weighted by Gasteiger charge is 2.41. The molecule has 2 heterocycles. The molecular weight excluding hydrogens is 228 g/mol. The Hall–Kier alpha value is -1.44. The molecule has 1 saturated heterocycles. The lowest BCUT2D eigenvalue weighted by Crippen LogP contribution is -2.38. The predicted molar refractivity (Wildman–Crippen MR) is 57.7 cm³/mol. The van der Waals surface area contributed by atoms with Crippen molar-refractivity contribution in [1.82, 2.24) is 9.55 Å². The fraction of sp³-hybridized carbons (Fsp3) is 0.600. The number of aryl methyl sites for hydroxylation is 1. The van der Waals surface area contributed by atoms with Gasteiger partial charge in [-0.1, -0.05) is 0 Å². The summed E-state index contributed by atoms with van der Waals surface area (Å²) in [5.41, 5.74) is -0.826. The average Bonchev–Trinajstić information content (AvgIpc) is 2.51. The van der Waals surface area contributed by atoms with Gasteiger partial charge in [0.15, 0.2) is 6.23 Å². The Bertz CT molecular complexity index is 534. The Morgan fingerprint density at radius 1 is 1.35 bits per heavy atom. The van der Waals surface area contributed by atoms with Crippen LogP contribution in [0.3, 0.4) is 0 Å². The van der Waals surface area contributed by atoms with Gasteiger partial charge in [-0.25, -0.2) is 4.79 Å². The molecule has 0 radical (unpaired) electrons. The van der Waals surface area contributed by atoms with Crippen LogP contribution in [0.4, 0.5) is 0 Å². The summed E-state index contributed by atoms with van der Waals surface area (Å²) in [7, 11) is 0. The molecule has 7 heteroatoms. The third kappa shape index (κ3) is 1.92. The minimum Gasteiger partial charge on any atom is -0.388 e. The van der Waals surface area contributed by atoms with Crippen LogP contribution in [0.25, 0.3) is 0 Å². The smallest absolute Gasteiger partial charge is 0.330 e. The van der Waals surface area contributed by atoms with Gasteiger partial charge in [0.1, 0.15) is 12.2 Å². The molecule has 1 aromatic rings. The van der Waals surface area contributed by atoms with Gasteiger partial charge in [-0.3, -0.25) is 14.3 Å². The number of aliphatic hydroxyl groups is 2. The number of aliphatic hydroxyl groups excluding tert-OH is 2. The van der Waals surface area contributed by atoms with Gasteiger partial charge in [0.25, 0.3) is 5.56 Å². The number of hydrogen-bond donors (Lipinski definition) is 3. The molecule has 3 N–H and O–H groups in total. The first kappa shape index (κ1) is 12.0. The first-order valence-electron chi connectivity index (χ1n) is 5.25. The van der Waals surface area contributed by atoms with Crippen molar-refractivity contribution in [3.05, 3.63) is 32.6 Å². The molecule has 17 heavy (non-hydrogen) atoms. The zero-order chi connectivity index (χ0) is 12.7. The summed E-state index contributed by atoms with van der Waals surface area (Å²) >= 11 is 0. The number of ether oxygens (including phenoxy) is 1. The average molecular weight is 242 g/mol. The van der Waals surface area contributed by atoms with Crippen LogP contribution < -0.4 is 11.2 Å². The molecule has 4 unspecified atom stereocenters. The summed E-state index contributed by atoms with van der Waals surface area (Å²) in [5, 5.41) is 19.3. The maximum Gasteiger partial charge on any atom is 0.330 e. The zero-order valence-electron chi connectivity index (χ0n) is 9.45. The van der Waals surface area contributed by atoms with Gasteiger partial charge < -0.3 is 14.9 Å². The third-order valence-electron chi connectivity index (χ3n) is 2.90. The number of H-pyrrole nitrogens is 1. The minimum absolute atomic E-state index is 0.328. The normalized spacial score (nSPS) is 32.9. The van der Waals surface area contributed by atoms with E-state index >= 15 is 0 Å². The van der Waals surface area contributed by atoms with E-state index in [9.17, 15) is 19.8 Å². The second kappa shape index (κ2) is 4.10. The van der Waals surface area contributed by atoms with Crippen molar-refractivity contribution in [3.63, 3.8) is 0 Å². The Labute approximate surface area is 96.3 Å². The van der Waals surface area contributed by atoms with E-state index in [-0.39, 0.29) is 0 Å². The van der Waals surface area contributed by atoms with E-state index < -0.39 is 35.8 Å². The molecule has 0 aliphatic carbocycles. The lowest BCUT2D eigenvalue weighted by atomic mass is 10.1. The van der Waals surface area contributed by atoms with Gasteiger partial charge in [-0.15, -0.1) is 0 Å². The first-order chi connectivity index (χ1) is 7.91. The SMILES string of the molecule is Cc1cn(C2OC(C)C(O)C2O)c(=O)[nH]c1=O. The monoisotopic (exact) mass is 242 g/mol. The van der Waals surface area contributed by atoms with Gasteiger partial charge in [-0.05, 0) is 13.8 Å². The fourth-order valence-corrected chi connectivity index (χ4v) is 1.83. The highest BCUT2D eigenvalue weighted by Crippen LogP contribution is 2.27. The van der Waals surface area contributed by atoms with Crippen molar-refractivity contribution in [2.45, 2.75) is 38.4 Å². The van der Waals surface area contributed by atoms with E-state index in [4.69, 9.17) is 4.74 Å². The molecule has 1 aliphatic rings. The topological polar surface area (TPSA) is 105 Å². The molecule has 1 fully saturated rings. The van der Waals surface area contributed by atoms with Crippen LogP contribution in [0.5, 0.6) is 0 Å². The van der Waals surface area contributed by atoms with Crippen molar-refractivity contribution in [2.24, 2.45) is 0 Å². The van der Waals surface area contributed by atoms with Crippen molar-refractivity contribution < 1.29 is 14.9 Å². The number of hydrogen-bond acceptors (Lipinski definition) is 5. The second-order valence-corrected chi connectivity index (χ2v) is 4.19. The molecule has 1 aromatic heterocycles. The Kier molecular flexibility index (Phi) is 2.90. The van der Waals surface area contributed by atoms with Crippen molar-refractivity contribution in [1.29, 1.82) is 0 Å². The molecule has 2 rings (SSSR count). The van der Waals surface area contributed by atoms with Crippen LogP contribution in [-0.2, 0) is 4.74 Å². The van der Waals surface area contributed by atoms with Crippen molar-refractivity contribution in [2.75, 3.05) is 0 Å². The van der Waals surface area contributed by atoms with Gasteiger partial charge in [-0.2, -0.15) is 0 Å². The molecule has 1 aliphatic heterocycles. The Morgan fingerprint density at radius 2 is 2.00 bits per heavy atom. The molecule has 94 valence electrons. The summed E-state index contributed by atoms with van der Waals surface area (Å²) in [6, 6.07) is 0. The highest BCUT2D eigenvalue weighted by atomic mass is 16.6. The zero-order valence-corrected chi connectivity index (χ0v) is 9.45. The molecule has 4 atom stereocenters. The van der Waals surface area contributed by atoms with E-state index in [0.717, 1.165) is 4.57 Å². The van der Waals surface area contributed by atoms with Crippen LogP contribution in [-0.4, -0.2) is 38.1 Å².